The number of nitrogens with zero attached hydrogens (tertiary/aromatic N) is 1. The highest BCUT2D eigenvalue weighted by molar-refractivity contribution is 9.11. The Bertz CT molecular complexity index is 1020. The second-order valence-corrected chi connectivity index (χ2v) is 7.35. The SMILES string of the molecule is C=CCOc1c(Br)cc(/C=C(\C#N)c2ccc3ccccc3c2)cc1Br. The van der Waals surface area contributed by atoms with Gasteiger partial charge in [0, 0.05) is 0 Å². The lowest BCUT2D eigenvalue weighted by atomic mass is 10.0. The number of halogens is 2. The third kappa shape index (κ3) is 4.07. The zero-order valence-electron chi connectivity index (χ0n) is 13.9. The van der Waals surface area contributed by atoms with Gasteiger partial charge in [-0.05, 0) is 78.0 Å². The van der Waals surface area contributed by atoms with Crippen molar-refractivity contribution >= 4 is 54.3 Å². The largest absolute Gasteiger partial charge is 0.487 e. The smallest absolute Gasteiger partial charge is 0.148 e. The minimum absolute atomic E-state index is 0.424. The van der Waals surface area contributed by atoms with Gasteiger partial charge >= 0.3 is 0 Å². The predicted octanol–water partition coefficient (Wildman–Crippen LogP) is 6.99. The van der Waals surface area contributed by atoms with E-state index in [1.165, 1.54) is 0 Å². The van der Waals surface area contributed by atoms with Gasteiger partial charge in [0.05, 0.1) is 20.6 Å². The van der Waals surface area contributed by atoms with Crippen LogP contribution < -0.4 is 4.74 Å². The van der Waals surface area contributed by atoms with Crippen LogP contribution in [-0.4, -0.2) is 6.61 Å². The maximum absolute atomic E-state index is 9.64. The molecule has 3 rings (SSSR count). The van der Waals surface area contributed by atoms with E-state index in [4.69, 9.17) is 4.74 Å². The van der Waals surface area contributed by atoms with Gasteiger partial charge in [-0.2, -0.15) is 5.26 Å². The van der Waals surface area contributed by atoms with Crippen molar-refractivity contribution in [3.63, 3.8) is 0 Å². The van der Waals surface area contributed by atoms with Crippen LogP contribution in [-0.2, 0) is 0 Å². The van der Waals surface area contributed by atoms with E-state index in [0.717, 1.165) is 30.8 Å². The van der Waals surface area contributed by atoms with Crippen molar-refractivity contribution in [1.82, 2.24) is 0 Å². The van der Waals surface area contributed by atoms with Crippen LogP contribution in [0.4, 0.5) is 0 Å². The van der Waals surface area contributed by atoms with Gasteiger partial charge in [-0.3, -0.25) is 0 Å². The van der Waals surface area contributed by atoms with Crippen molar-refractivity contribution < 1.29 is 4.74 Å². The first-order valence-corrected chi connectivity index (χ1v) is 9.54. The first-order valence-electron chi connectivity index (χ1n) is 7.96. The van der Waals surface area contributed by atoms with Crippen molar-refractivity contribution in [3.05, 3.63) is 87.3 Å². The molecule has 0 aliphatic rings. The van der Waals surface area contributed by atoms with Gasteiger partial charge in [0.1, 0.15) is 12.4 Å². The molecule has 0 radical (unpaired) electrons. The summed E-state index contributed by atoms with van der Waals surface area (Å²) in [6.07, 6.45) is 3.57. The number of hydrogen-bond acceptors (Lipinski definition) is 2. The predicted molar refractivity (Wildman–Crippen MR) is 115 cm³/mol. The molecule has 0 saturated carbocycles. The topological polar surface area (TPSA) is 33.0 Å². The van der Waals surface area contributed by atoms with Crippen LogP contribution in [0, 0.1) is 11.3 Å². The van der Waals surface area contributed by atoms with Crippen LogP contribution in [0.1, 0.15) is 11.1 Å². The third-order valence-electron chi connectivity index (χ3n) is 3.86. The van der Waals surface area contributed by atoms with Crippen molar-refractivity contribution in [2.24, 2.45) is 0 Å². The summed E-state index contributed by atoms with van der Waals surface area (Å²) in [5.74, 6) is 0.714. The molecule has 0 N–H and O–H groups in total. The Morgan fingerprint density at radius 3 is 2.38 bits per heavy atom. The molecule has 0 unspecified atom stereocenters. The molecule has 0 atom stereocenters. The number of ether oxygens (including phenoxy) is 1. The molecule has 0 bridgehead atoms. The highest BCUT2D eigenvalue weighted by Gasteiger charge is 2.09. The Morgan fingerprint density at radius 2 is 1.73 bits per heavy atom. The Balaban J connectivity index is 2.00. The van der Waals surface area contributed by atoms with E-state index in [1.807, 2.05) is 54.6 Å². The molecular weight excluding hydrogens is 454 g/mol. The Kier molecular flexibility index (Phi) is 5.92. The highest BCUT2D eigenvalue weighted by Crippen LogP contribution is 2.36. The van der Waals surface area contributed by atoms with Gasteiger partial charge in [-0.15, -0.1) is 0 Å². The number of benzene rings is 3. The number of allylic oxidation sites excluding steroid dienone is 1. The summed E-state index contributed by atoms with van der Waals surface area (Å²) >= 11 is 7.05. The zero-order chi connectivity index (χ0) is 18.5. The molecule has 0 aliphatic carbocycles. The molecule has 0 spiro atoms. The lowest BCUT2D eigenvalue weighted by molar-refractivity contribution is 0.358. The molecule has 0 aromatic heterocycles. The second-order valence-electron chi connectivity index (χ2n) is 5.65. The summed E-state index contributed by atoms with van der Waals surface area (Å²) in [5, 5.41) is 11.9. The average molecular weight is 469 g/mol. The fourth-order valence-electron chi connectivity index (χ4n) is 2.65. The lowest BCUT2D eigenvalue weighted by Gasteiger charge is -2.10. The number of fused-ring (bicyclic) bond motifs is 1. The van der Waals surface area contributed by atoms with Crippen LogP contribution in [0.2, 0.25) is 0 Å². The molecule has 26 heavy (non-hydrogen) atoms. The van der Waals surface area contributed by atoms with E-state index in [9.17, 15) is 5.26 Å². The van der Waals surface area contributed by atoms with Gasteiger partial charge in [-0.1, -0.05) is 49.1 Å². The van der Waals surface area contributed by atoms with Crippen molar-refractivity contribution in [2.75, 3.05) is 6.61 Å². The van der Waals surface area contributed by atoms with Gasteiger partial charge in [-0.25, -0.2) is 0 Å². The Morgan fingerprint density at radius 1 is 1.04 bits per heavy atom. The molecule has 0 heterocycles. The summed E-state index contributed by atoms with van der Waals surface area (Å²) < 4.78 is 7.27. The van der Waals surface area contributed by atoms with Crippen molar-refractivity contribution in [1.29, 1.82) is 5.26 Å². The first-order chi connectivity index (χ1) is 12.6. The number of rotatable bonds is 5. The monoisotopic (exact) mass is 467 g/mol. The van der Waals surface area contributed by atoms with Crippen LogP contribution in [0.25, 0.3) is 22.4 Å². The standard InChI is InChI=1S/C22H15Br2NO/c1-2-9-26-22-20(23)11-15(12-21(22)24)10-19(14-25)18-8-7-16-5-3-4-6-17(16)13-18/h2-8,10-13H,1,9H2/b19-10+. The zero-order valence-corrected chi connectivity index (χ0v) is 17.0. The normalized spacial score (nSPS) is 11.2. The first kappa shape index (κ1) is 18.4. The second kappa shape index (κ2) is 8.35. The molecular formula is C22H15Br2NO. The van der Waals surface area contributed by atoms with E-state index < -0.39 is 0 Å². The Labute approximate surface area is 169 Å². The fourth-order valence-corrected chi connectivity index (χ4v) is 4.10. The van der Waals surface area contributed by atoms with Crippen molar-refractivity contribution in [2.45, 2.75) is 0 Å². The minimum Gasteiger partial charge on any atom is -0.487 e. The summed E-state index contributed by atoms with van der Waals surface area (Å²) in [5.41, 5.74) is 2.40. The highest BCUT2D eigenvalue weighted by atomic mass is 79.9. The van der Waals surface area contributed by atoms with E-state index in [-0.39, 0.29) is 0 Å². The molecule has 2 nitrogen and oxygen atoms in total. The molecule has 128 valence electrons. The van der Waals surface area contributed by atoms with E-state index >= 15 is 0 Å². The summed E-state index contributed by atoms with van der Waals surface area (Å²) in [6, 6.07) is 20.3. The Hall–Kier alpha value is -2.35. The van der Waals surface area contributed by atoms with E-state index in [2.05, 4.69) is 50.6 Å². The summed E-state index contributed by atoms with van der Waals surface area (Å²) in [7, 11) is 0. The number of hydrogen-bond donors (Lipinski definition) is 0. The molecule has 0 amide bonds. The summed E-state index contributed by atoms with van der Waals surface area (Å²) in [6.45, 7) is 4.08. The third-order valence-corrected chi connectivity index (χ3v) is 5.04. The molecule has 3 aromatic rings. The quantitative estimate of drug-likeness (QED) is 0.229. The molecule has 3 aromatic carbocycles. The van der Waals surface area contributed by atoms with Gasteiger partial charge in [0.2, 0.25) is 0 Å². The summed E-state index contributed by atoms with van der Waals surface area (Å²) in [4.78, 5) is 0. The van der Waals surface area contributed by atoms with Gasteiger partial charge in [0.25, 0.3) is 0 Å². The van der Waals surface area contributed by atoms with Gasteiger partial charge in [0.15, 0.2) is 0 Å². The van der Waals surface area contributed by atoms with Crippen LogP contribution in [0.3, 0.4) is 0 Å². The van der Waals surface area contributed by atoms with E-state index in [1.54, 1.807) is 6.08 Å². The molecule has 0 saturated heterocycles. The minimum atomic E-state index is 0.424. The molecule has 0 fully saturated rings. The maximum atomic E-state index is 9.64. The lowest BCUT2D eigenvalue weighted by Crippen LogP contribution is -1.95. The van der Waals surface area contributed by atoms with Crippen LogP contribution in [0.5, 0.6) is 5.75 Å². The molecule has 0 aliphatic heterocycles. The van der Waals surface area contributed by atoms with Gasteiger partial charge < -0.3 is 4.74 Å². The fraction of sp³-hybridized carbons (Fsp3) is 0.0455. The van der Waals surface area contributed by atoms with Crippen LogP contribution >= 0.6 is 31.9 Å². The van der Waals surface area contributed by atoms with E-state index in [0.29, 0.717) is 17.9 Å². The van der Waals surface area contributed by atoms with Crippen LogP contribution in [0.15, 0.2) is 76.2 Å². The average Bonchev–Trinajstić information content (AvgIpc) is 2.65. The molecule has 4 heteroatoms. The van der Waals surface area contributed by atoms with Crippen molar-refractivity contribution in [3.8, 4) is 11.8 Å². The maximum Gasteiger partial charge on any atom is 0.148 e. The number of nitriles is 1.